The van der Waals surface area contributed by atoms with E-state index in [1.807, 2.05) is 13.0 Å². The van der Waals surface area contributed by atoms with E-state index in [0.717, 1.165) is 45.0 Å². The van der Waals surface area contributed by atoms with E-state index in [9.17, 15) is 9.59 Å². The van der Waals surface area contributed by atoms with Crippen LogP contribution >= 0.6 is 0 Å². The lowest BCUT2D eigenvalue weighted by Crippen LogP contribution is -2.48. The number of carbonyl (C=O) groups is 2. The molecule has 0 aliphatic carbocycles. The summed E-state index contributed by atoms with van der Waals surface area (Å²) < 4.78 is 0. The van der Waals surface area contributed by atoms with Gasteiger partial charge in [-0.25, -0.2) is 4.79 Å². The Hall–Kier alpha value is -2.61. The number of carbonyl (C=O) groups excluding carboxylic acids is 2. The van der Waals surface area contributed by atoms with E-state index in [0.29, 0.717) is 19.1 Å². The number of imide groups is 1. The maximum atomic E-state index is 11.6. The number of aliphatic imine (C=N–C) groups is 1. The highest BCUT2D eigenvalue weighted by Crippen LogP contribution is 2.13. The van der Waals surface area contributed by atoms with Gasteiger partial charge >= 0.3 is 6.03 Å². The predicted molar refractivity (Wildman–Crippen MR) is 109 cm³/mol. The van der Waals surface area contributed by atoms with Crippen molar-refractivity contribution in [2.24, 2.45) is 4.99 Å². The zero-order valence-electron chi connectivity index (χ0n) is 16.5. The van der Waals surface area contributed by atoms with Crippen LogP contribution in [0.1, 0.15) is 25.3 Å². The number of piperidine rings is 1. The minimum atomic E-state index is -0.330. The molecular formula is C20H30N6O2. The molecule has 0 atom stereocenters. The van der Waals surface area contributed by atoms with Crippen LogP contribution in [0.4, 0.5) is 4.79 Å². The average molecular weight is 387 g/mol. The van der Waals surface area contributed by atoms with Gasteiger partial charge in [-0.05, 0) is 25.3 Å². The molecule has 8 nitrogen and oxygen atoms in total. The Morgan fingerprint density at radius 2 is 1.96 bits per heavy atom. The highest BCUT2D eigenvalue weighted by Gasteiger charge is 2.27. The molecule has 0 saturated carbocycles. The van der Waals surface area contributed by atoms with Crippen molar-refractivity contribution in [2.75, 3.05) is 39.3 Å². The molecule has 2 aliphatic heterocycles. The Bertz CT molecular complexity index is 669. The Kier molecular flexibility index (Phi) is 7.25. The van der Waals surface area contributed by atoms with Crippen LogP contribution in [-0.4, -0.2) is 73.0 Å². The topological polar surface area (TPSA) is 89.1 Å². The first-order valence-corrected chi connectivity index (χ1v) is 10.0. The quantitative estimate of drug-likeness (QED) is 0.366. The lowest BCUT2D eigenvalue weighted by atomic mass is 10.0. The van der Waals surface area contributed by atoms with Gasteiger partial charge in [0.05, 0.1) is 19.6 Å². The van der Waals surface area contributed by atoms with Crippen molar-refractivity contribution >= 4 is 17.9 Å². The SMILES string of the molecule is CCNC(=NCCN1C(=O)CNC1=O)NC1CCN(Cc2ccccc2)CC1. The first kappa shape index (κ1) is 20.1. The fraction of sp³-hybridized carbons (Fsp3) is 0.550. The van der Waals surface area contributed by atoms with Crippen LogP contribution in [0, 0.1) is 0 Å². The summed E-state index contributed by atoms with van der Waals surface area (Å²) in [5.41, 5.74) is 1.35. The van der Waals surface area contributed by atoms with Crippen molar-refractivity contribution in [3.8, 4) is 0 Å². The van der Waals surface area contributed by atoms with Gasteiger partial charge in [0.15, 0.2) is 5.96 Å². The molecular weight excluding hydrogens is 356 g/mol. The average Bonchev–Trinajstić information content (AvgIpc) is 3.02. The minimum absolute atomic E-state index is 0.0857. The van der Waals surface area contributed by atoms with Gasteiger partial charge in [0.1, 0.15) is 0 Å². The number of nitrogens with zero attached hydrogens (tertiary/aromatic N) is 3. The number of rotatable bonds is 7. The maximum absolute atomic E-state index is 11.6. The largest absolute Gasteiger partial charge is 0.357 e. The zero-order chi connectivity index (χ0) is 19.8. The number of benzene rings is 1. The van der Waals surface area contributed by atoms with Crippen molar-refractivity contribution in [1.82, 2.24) is 25.8 Å². The van der Waals surface area contributed by atoms with Crippen molar-refractivity contribution in [2.45, 2.75) is 32.4 Å². The van der Waals surface area contributed by atoms with E-state index in [4.69, 9.17) is 0 Å². The summed E-state index contributed by atoms with van der Waals surface area (Å²) in [5.74, 6) is 0.556. The molecule has 2 heterocycles. The molecule has 28 heavy (non-hydrogen) atoms. The Labute approximate surface area is 166 Å². The molecule has 1 aromatic carbocycles. The molecule has 0 spiro atoms. The fourth-order valence-electron chi connectivity index (χ4n) is 3.53. The van der Waals surface area contributed by atoms with Crippen LogP contribution in [0.25, 0.3) is 0 Å². The van der Waals surface area contributed by atoms with Crippen molar-refractivity contribution in [1.29, 1.82) is 0 Å². The second-order valence-corrected chi connectivity index (χ2v) is 7.15. The van der Waals surface area contributed by atoms with Crippen molar-refractivity contribution < 1.29 is 9.59 Å². The monoisotopic (exact) mass is 386 g/mol. The summed E-state index contributed by atoms with van der Waals surface area (Å²) in [4.78, 5) is 31.4. The molecule has 1 aromatic rings. The van der Waals surface area contributed by atoms with E-state index in [-0.39, 0.29) is 18.5 Å². The van der Waals surface area contributed by atoms with Gasteiger partial charge in [-0.2, -0.15) is 0 Å². The molecule has 8 heteroatoms. The first-order valence-electron chi connectivity index (χ1n) is 10.0. The fourth-order valence-corrected chi connectivity index (χ4v) is 3.53. The van der Waals surface area contributed by atoms with Gasteiger partial charge in [-0.15, -0.1) is 0 Å². The standard InChI is InChI=1S/C20H30N6O2/c1-2-21-19(22-10-13-26-18(27)14-23-20(26)28)24-17-8-11-25(12-9-17)15-16-6-4-3-5-7-16/h3-7,17H,2,8-15H2,1H3,(H,23,28)(H2,21,22,24). The van der Waals surface area contributed by atoms with Crippen LogP contribution in [0.3, 0.4) is 0 Å². The number of likely N-dealkylation sites (tertiary alicyclic amines) is 1. The molecule has 2 fully saturated rings. The highest BCUT2D eigenvalue weighted by atomic mass is 16.2. The van der Waals surface area contributed by atoms with Gasteiger partial charge in [0.2, 0.25) is 5.91 Å². The van der Waals surface area contributed by atoms with Crippen molar-refractivity contribution in [3.63, 3.8) is 0 Å². The highest BCUT2D eigenvalue weighted by molar-refractivity contribution is 6.01. The second kappa shape index (κ2) is 10.1. The Balaban J connectivity index is 1.44. The Morgan fingerprint density at radius 1 is 1.21 bits per heavy atom. The minimum Gasteiger partial charge on any atom is -0.357 e. The molecule has 3 N–H and O–H groups in total. The number of hydrogen-bond acceptors (Lipinski definition) is 4. The number of hydrogen-bond donors (Lipinski definition) is 3. The molecule has 0 unspecified atom stereocenters. The van der Waals surface area contributed by atoms with Gasteiger partial charge in [-0.1, -0.05) is 30.3 Å². The predicted octanol–water partition coefficient (Wildman–Crippen LogP) is 0.758. The lowest BCUT2D eigenvalue weighted by molar-refractivity contribution is -0.124. The van der Waals surface area contributed by atoms with Crippen LogP contribution < -0.4 is 16.0 Å². The maximum Gasteiger partial charge on any atom is 0.324 e. The summed E-state index contributed by atoms with van der Waals surface area (Å²) in [6.07, 6.45) is 2.12. The van der Waals surface area contributed by atoms with Crippen LogP contribution in [-0.2, 0) is 11.3 Å². The van der Waals surface area contributed by atoms with Crippen LogP contribution in [0.15, 0.2) is 35.3 Å². The van der Waals surface area contributed by atoms with E-state index in [2.05, 4.69) is 50.1 Å². The third-order valence-electron chi connectivity index (χ3n) is 5.05. The number of urea groups is 1. The summed E-state index contributed by atoms with van der Waals surface area (Å²) in [6, 6.07) is 10.6. The second-order valence-electron chi connectivity index (χ2n) is 7.15. The molecule has 2 aliphatic rings. The molecule has 152 valence electrons. The van der Waals surface area contributed by atoms with E-state index in [1.165, 1.54) is 10.5 Å². The Morgan fingerprint density at radius 3 is 2.61 bits per heavy atom. The summed E-state index contributed by atoms with van der Waals surface area (Å²) in [7, 11) is 0. The molecule has 3 amide bonds. The van der Waals surface area contributed by atoms with Gasteiger partial charge in [0.25, 0.3) is 0 Å². The smallest absolute Gasteiger partial charge is 0.324 e. The van der Waals surface area contributed by atoms with Crippen LogP contribution in [0.5, 0.6) is 0 Å². The summed E-state index contributed by atoms with van der Waals surface area (Å²) in [6.45, 7) is 6.66. The number of amides is 3. The number of guanidine groups is 1. The van der Waals surface area contributed by atoms with Gasteiger partial charge in [-0.3, -0.25) is 19.6 Å². The number of nitrogens with one attached hydrogen (secondary N) is 3. The van der Waals surface area contributed by atoms with Crippen LogP contribution in [0.2, 0.25) is 0 Å². The first-order chi connectivity index (χ1) is 13.7. The van der Waals surface area contributed by atoms with E-state index >= 15 is 0 Å². The third kappa shape index (κ3) is 5.69. The summed E-state index contributed by atoms with van der Waals surface area (Å²) >= 11 is 0. The molecule has 2 saturated heterocycles. The molecule has 0 radical (unpaired) electrons. The normalized spacial score (nSPS) is 19.0. The molecule has 0 aromatic heterocycles. The molecule has 3 rings (SSSR count). The van der Waals surface area contributed by atoms with E-state index < -0.39 is 0 Å². The third-order valence-corrected chi connectivity index (χ3v) is 5.05. The lowest BCUT2D eigenvalue weighted by Gasteiger charge is -2.33. The van der Waals surface area contributed by atoms with Gasteiger partial charge in [0, 0.05) is 32.2 Å². The molecule has 0 bridgehead atoms. The van der Waals surface area contributed by atoms with Gasteiger partial charge < -0.3 is 16.0 Å². The summed E-state index contributed by atoms with van der Waals surface area (Å²) in [5, 5.41) is 9.27. The van der Waals surface area contributed by atoms with E-state index in [1.54, 1.807) is 0 Å². The van der Waals surface area contributed by atoms with Crippen molar-refractivity contribution in [3.05, 3.63) is 35.9 Å². The zero-order valence-corrected chi connectivity index (χ0v) is 16.5.